The van der Waals surface area contributed by atoms with Gasteiger partial charge in [-0.2, -0.15) is 0 Å². The smallest absolute Gasteiger partial charge is 0.332 e. The van der Waals surface area contributed by atoms with Gasteiger partial charge >= 0.3 is 5.97 Å². The first-order valence-corrected chi connectivity index (χ1v) is 4.55. The van der Waals surface area contributed by atoms with Crippen LogP contribution in [0.5, 0.6) is 0 Å². The molecule has 0 spiro atoms. The molecule has 0 saturated heterocycles. The predicted octanol–water partition coefficient (Wildman–Crippen LogP) is 1.24. The average molecular weight is 172 g/mol. The molecule has 0 aromatic rings. The van der Waals surface area contributed by atoms with Gasteiger partial charge in [-0.05, 0) is 32.1 Å². The van der Waals surface area contributed by atoms with E-state index in [9.17, 15) is 4.79 Å². The monoisotopic (exact) mass is 172 g/mol. The van der Waals surface area contributed by atoms with Crippen molar-refractivity contribution in [2.75, 3.05) is 6.61 Å². The maximum atomic E-state index is 10.9. The zero-order chi connectivity index (χ0) is 9.03. The van der Waals surface area contributed by atoms with Crippen LogP contribution in [0.4, 0.5) is 0 Å². The van der Waals surface area contributed by atoms with Gasteiger partial charge in [0.15, 0.2) is 0 Å². The fraction of sp³-hybridized carbons (Fsp3) is 0.889. The molecule has 0 aliphatic heterocycles. The molecule has 1 saturated carbocycles. The second-order valence-corrected chi connectivity index (χ2v) is 3.38. The molecular formula is C9H16O3. The summed E-state index contributed by atoms with van der Waals surface area (Å²) in [7, 11) is 0. The number of rotatable bonds is 3. The fourth-order valence-electron chi connectivity index (χ4n) is 1.82. The van der Waals surface area contributed by atoms with Crippen LogP contribution in [0.25, 0.3) is 0 Å². The molecule has 1 aliphatic carbocycles. The van der Waals surface area contributed by atoms with Crippen molar-refractivity contribution in [3.8, 4) is 0 Å². The molecule has 12 heavy (non-hydrogen) atoms. The van der Waals surface area contributed by atoms with Crippen LogP contribution < -0.4 is 0 Å². The summed E-state index contributed by atoms with van der Waals surface area (Å²) in [6, 6.07) is 0. The van der Waals surface area contributed by atoms with Crippen LogP contribution in [0.1, 0.15) is 39.0 Å². The Morgan fingerprint density at radius 3 is 2.50 bits per heavy atom. The molecule has 1 fully saturated rings. The highest BCUT2D eigenvalue weighted by molar-refractivity contribution is 5.70. The summed E-state index contributed by atoms with van der Waals surface area (Å²) in [5.41, 5.74) is -0.250. The van der Waals surface area contributed by atoms with Crippen LogP contribution in [0, 0.1) is 0 Å². The molecule has 3 heteroatoms. The molecule has 70 valence electrons. The summed E-state index contributed by atoms with van der Waals surface area (Å²) < 4.78 is 5.21. The molecule has 0 heterocycles. The zero-order valence-corrected chi connectivity index (χ0v) is 7.51. The minimum absolute atomic E-state index is 0.250. The maximum Gasteiger partial charge on any atom is 0.332 e. The lowest BCUT2D eigenvalue weighted by Gasteiger charge is -2.27. The molecule has 0 unspecified atom stereocenters. The number of hydrogen-bond donors (Lipinski definition) is 1. The first-order valence-electron chi connectivity index (χ1n) is 4.55. The van der Waals surface area contributed by atoms with E-state index in [1.165, 1.54) is 0 Å². The molecule has 0 radical (unpaired) electrons. The Kier molecular flexibility index (Phi) is 3.09. The first kappa shape index (κ1) is 9.52. The summed E-state index contributed by atoms with van der Waals surface area (Å²) in [6.45, 7) is 1.53. The molecule has 0 bridgehead atoms. The number of esters is 1. The van der Waals surface area contributed by atoms with Gasteiger partial charge in [-0.1, -0.05) is 6.92 Å². The summed E-state index contributed by atoms with van der Waals surface area (Å²) in [5, 5.41) is 8.53. The minimum atomic E-state index is -0.498. The van der Waals surface area contributed by atoms with Crippen molar-refractivity contribution in [3.05, 3.63) is 0 Å². The zero-order valence-electron chi connectivity index (χ0n) is 7.51. The maximum absolute atomic E-state index is 10.9. The van der Waals surface area contributed by atoms with Gasteiger partial charge in [0.25, 0.3) is 0 Å². The van der Waals surface area contributed by atoms with Crippen LogP contribution in [-0.4, -0.2) is 23.3 Å². The van der Waals surface area contributed by atoms with Gasteiger partial charge in [-0.15, -0.1) is 0 Å². The number of aliphatic hydroxyl groups excluding tert-OH is 1. The number of carbonyl (C=O) groups is 1. The Balaban J connectivity index is 2.49. The van der Waals surface area contributed by atoms with Crippen LogP contribution >= 0.6 is 0 Å². The van der Waals surface area contributed by atoms with E-state index in [1.807, 2.05) is 6.92 Å². The van der Waals surface area contributed by atoms with Crippen molar-refractivity contribution in [1.29, 1.82) is 0 Å². The van der Waals surface area contributed by atoms with E-state index < -0.39 is 12.6 Å². The Morgan fingerprint density at radius 2 is 2.08 bits per heavy atom. The summed E-state index contributed by atoms with van der Waals surface area (Å²) >= 11 is 0. The highest BCUT2D eigenvalue weighted by Gasteiger charge is 2.35. The van der Waals surface area contributed by atoms with Crippen molar-refractivity contribution < 1.29 is 14.6 Å². The van der Waals surface area contributed by atoms with Crippen LogP contribution in [0.15, 0.2) is 0 Å². The molecule has 1 N–H and O–H groups in total. The third-order valence-corrected chi connectivity index (χ3v) is 2.62. The second kappa shape index (κ2) is 3.90. The van der Waals surface area contributed by atoms with Crippen LogP contribution in [0.3, 0.4) is 0 Å². The molecule has 3 nitrogen and oxygen atoms in total. The Morgan fingerprint density at radius 1 is 1.50 bits per heavy atom. The van der Waals surface area contributed by atoms with E-state index in [4.69, 9.17) is 9.84 Å². The summed E-state index contributed by atoms with van der Waals surface area (Å²) in [6.07, 6.45) is 5.03. The van der Waals surface area contributed by atoms with Gasteiger partial charge in [-0.3, -0.25) is 0 Å². The van der Waals surface area contributed by atoms with E-state index in [-0.39, 0.29) is 5.60 Å². The van der Waals surface area contributed by atoms with Crippen LogP contribution in [-0.2, 0) is 9.53 Å². The lowest BCUT2D eigenvalue weighted by molar-refractivity contribution is -0.163. The van der Waals surface area contributed by atoms with Crippen molar-refractivity contribution in [2.24, 2.45) is 0 Å². The third kappa shape index (κ3) is 1.97. The van der Waals surface area contributed by atoms with Gasteiger partial charge in [0.1, 0.15) is 12.2 Å². The third-order valence-electron chi connectivity index (χ3n) is 2.62. The first-order chi connectivity index (χ1) is 5.72. The molecule has 0 atom stereocenters. The fourth-order valence-corrected chi connectivity index (χ4v) is 1.82. The molecule has 0 aromatic heterocycles. The van der Waals surface area contributed by atoms with Crippen molar-refractivity contribution in [2.45, 2.75) is 44.6 Å². The van der Waals surface area contributed by atoms with Gasteiger partial charge in [-0.25, -0.2) is 4.79 Å². The van der Waals surface area contributed by atoms with Gasteiger partial charge < -0.3 is 9.84 Å². The SMILES string of the molecule is CCC1(OC(=O)CO)CCCC1. The number of carbonyl (C=O) groups excluding carboxylic acids is 1. The number of ether oxygens (including phenoxy) is 1. The lowest BCUT2D eigenvalue weighted by Crippen LogP contribution is -2.32. The van der Waals surface area contributed by atoms with E-state index in [0.29, 0.717) is 0 Å². The van der Waals surface area contributed by atoms with Crippen LogP contribution in [0.2, 0.25) is 0 Å². The predicted molar refractivity (Wildman–Crippen MR) is 44.7 cm³/mol. The summed E-state index contributed by atoms with van der Waals surface area (Å²) in [5.74, 6) is -0.487. The largest absolute Gasteiger partial charge is 0.457 e. The average Bonchev–Trinajstić information content (AvgIpc) is 2.54. The standard InChI is InChI=1S/C9H16O3/c1-2-9(5-3-4-6-9)12-8(11)7-10/h10H,2-7H2,1H3. The molecule has 0 aromatic carbocycles. The normalized spacial score (nSPS) is 20.8. The number of hydrogen-bond acceptors (Lipinski definition) is 3. The quantitative estimate of drug-likeness (QED) is 0.651. The van der Waals surface area contributed by atoms with E-state index in [0.717, 1.165) is 32.1 Å². The highest BCUT2D eigenvalue weighted by Crippen LogP contribution is 2.35. The second-order valence-electron chi connectivity index (χ2n) is 3.38. The summed E-state index contributed by atoms with van der Waals surface area (Å²) in [4.78, 5) is 10.9. The van der Waals surface area contributed by atoms with E-state index >= 15 is 0 Å². The Hall–Kier alpha value is -0.570. The van der Waals surface area contributed by atoms with Crippen molar-refractivity contribution >= 4 is 5.97 Å². The molecule has 1 rings (SSSR count). The lowest BCUT2D eigenvalue weighted by atomic mass is 9.99. The molecule has 1 aliphatic rings. The van der Waals surface area contributed by atoms with Gasteiger partial charge in [0.2, 0.25) is 0 Å². The van der Waals surface area contributed by atoms with Gasteiger partial charge in [0.05, 0.1) is 0 Å². The number of aliphatic hydroxyl groups is 1. The van der Waals surface area contributed by atoms with E-state index in [2.05, 4.69) is 0 Å². The van der Waals surface area contributed by atoms with Crippen molar-refractivity contribution in [1.82, 2.24) is 0 Å². The Labute approximate surface area is 72.7 Å². The van der Waals surface area contributed by atoms with E-state index in [1.54, 1.807) is 0 Å². The molecule has 0 amide bonds. The topological polar surface area (TPSA) is 46.5 Å². The van der Waals surface area contributed by atoms with Crippen molar-refractivity contribution in [3.63, 3.8) is 0 Å². The van der Waals surface area contributed by atoms with Gasteiger partial charge in [0, 0.05) is 0 Å². The Bertz CT molecular complexity index is 159. The minimum Gasteiger partial charge on any atom is -0.457 e. The highest BCUT2D eigenvalue weighted by atomic mass is 16.6. The molecular weight excluding hydrogens is 156 g/mol.